The number of hydrogen-bond donors (Lipinski definition) is 2. The van der Waals surface area contributed by atoms with Crippen molar-refractivity contribution in [1.29, 1.82) is 0 Å². The second kappa shape index (κ2) is 8.34. The van der Waals surface area contributed by atoms with Gasteiger partial charge < -0.3 is 10.6 Å². The molecule has 3 nitrogen and oxygen atoms in total. The lowest BCUT2D eigenvalue weighted by molar-refractivity contribution is -0.682. The second-order valence-electron chi connectivity index (χ2n) is 5.59. The molecule has 23 heavy (non-hydrogen) atoms. The quantitative estimate of drug-likeness (QED) is 0.821. The number of rotatable bonds is 6. The summed E-state index contributed by atoms with van der Waals surface area (Å²) in [6.07, 6.45) is 0. The molecule has 3 N–H and O–H groups in total. The molecule has 2 aromatic rings. The van der Waals surface area contributed by atoms with Crippen LogP contribution in [-0.4, -0.2) is 12.5 Å². The Bertz CT molecular complexity index is 661. The molecule has 0 aromatic heterocycles. The fourth-order valence-corrected chi connectivity index (χ4v) is 2.99. The molecule has 0 unspecified atom stereocenters. The van der Waals surface area contributed by atoms with E-state index >= 15 is 0 Å². The van der Waals surface area contributed by atoms with E-state index < -0.39 is 0 Å². The number of nitrogens with two attached hydrogens (primary N) is 1. The van der Waals surface area contributed by atoms with Gasteiger partial charge in [0.05, 0.1) is 11.1 Å². The van der Waals surface area contributed by atoms with Crippen molar-refractivity contribution in [3.05, 3.63) is 69.7 Å². The Morgan fingerprint density at radius 1 is 1.13 bits per heavy atom. The predicted molar refractivity (Wildman–Crippen MR) is 94.7 cm³/mol. The average molecular weight is 352 g/mol. The average Bonchev–Trinajstić information content (AvgIpc) is 2.53. The van der Waals surface area contributed by atoms with Gasteiger partial charge in [0.2, 0.25) is 0 Å². The summed E-state index contributed by atoms with van der Waals surface area (Å²) >= 11 is 12.1. The fraction of sp³-hybridized carbons (Fsp3) is 0.278. The van der Waals surface area contributed by atoms with Crippen molar-refractivity contribution in [2.45, 2.75) is 25.9 Å². The molecule has 0 heterocycles. The number of benzene rings is 2. The van der Waals surface area contributed by atoms with Gasteiger partial charge in [-0.3, -0.25) is 4.79 Å². The molecule has 1 amide bonds. The Hall–Kier alpha value is -1.55. The van der Waals surface area contributed by atoms with Crippen molar-refractivity contribution >= 4 is 29.1 Å². The Morgan fingerprint density at radius 3 is 2.48 bits per heavy atom. The highest BCUT2D eigenvalue weighted by Gasteiger charge is 2.16. The first kappa shape index (κ1) is 17.8. The first-order chi connectivity index (χ1) is 11.0. The van der Waals surface area contributed by atoms with Gasteiger partial charge in [0.1, 0.15) is 6.04 Å². The molecule has 0 saturated heterocycles. The molecule has 2 atom stereocenters. The van der Waals surface area contributed by atoms with E-state index in [0.29, 0.717) is 16.6 Å². The monoisotopic (exact) mass is 351 g/mol. The highest BCUT2D eigenvalue weighted by molar-refractivity contribution is 6.35. The third-order valence-corrected chi connectivity index (χ3v) is 4.35. The van der Waals surface area contributed by atoms with Gasteiger partial charge in [-0.2, -0.15) is 0 Å². The first-order valence-electron chi connectivity index (χ1n) is 7.60. The second-order valence-corrected chi connectivity index (χ2v) is 6.44. The van der Waals surface area contributed by atoms with Crippen LogP contribution in [0.4, 0.5) is 0 Å². The zero-order chi connectivity index (χ0) is 16.8. The zero-order valence-electron chi connectivity index (χ0n) is 13.2. The Morgan fingerprint density at radius 2 is 1.83 bits per heavy atom. The summed E-state index contributed by atoms with van der Waals surface area (Å²) in [5.74, 6) is -0.00158. The van der Waals surface area contributed by atoms with E-state index in [-0.39, 0.29) is 18.0 Å². The summed E-state index contributed by atoms with van der Waals surface area (Å²) in [5.41, 5.74) is 2.06. The van der Waals surface area contributed by atoms with E-state index in [1.54, 1.807) is 6.07 Å². The predicted octanol–water partition coefficient (Wildman–Crippen LogP) is 3.50. The maximum atomic E-state index is 12.1. The van der Waals surface area contributed by atoms with E-state index in [1.807, 2.05) is 61.6 Å². The third-order valence-electron chi connectivity index (χ3n) is 3.79. The highest BCUT2D eigenvalue weighted by Crippen LogP contribution is 2.24. The number of carbonyl (C=O) groups is 1. The van der Waals surface area contributed by atoms with Crippen LogP contribution in [0.15, 0.2) is 48.5 Å². The summed E-state index contributed by atoms with van der Waals surface area (Å²) in [7, 11) is 0. The highest BCUT2D eigenvalue weighted by atomic mass is 35.5. The van der Waals surface area contributed by atoms with E-state index in [4.69, 9.17) is 23.2 Å². The SMILES string of the molecule is C[C@H](NC(=O)C[NH2+][C@@H](C)c1ccc(Cl)cc1Cl)c1ccccc1. The van der Waals surface area contributed by atoms with E-state index in [2.05, 4.69) is 5.32 Å². The molecular formula is C18H21Cl2N2O+. The molecule has 0 aliphatic carbocycles. The van der Waals surface area contributed by atoms with E-state index in [0.717, 1.165) is 11.1 Å². The molecule has 0 bridgehead atoms. The molecular weight excluding hydrogens is 331 g/mol. The molecule has 0 radical (unpaired) electrons. The van der Waals surface area contributed by atoms with E-state index in [9.17, 15) is 4.79 Å². The molecule has 0 spiro atoms. The topological polar surface area (TPSA) is 45.7 Å². The van der Waals surface area contributed by atoms with Gasteiger partial charge in [-0.25, -0.2) is 0 Å². The number of hydrogen-bond acceptors (Lipinski definition) is 1. The number of halogens is 2. The molecule has 122 valence electrons. The Balaban J connectivity index is 1.86. The largest absolute Gasteiger partial charge is 0.345 e. The summed E-state index contributed by atoms with van der Waals surface area (Å²) in [4.78, 5) is 12.1. The molecule has 5 heteroatoms. The van der Waals surface area contributed by atoms with Crippen LogP contribution in [0.3, 0.4) is 0 Å². The van der Waals surface area contributed by atoms with Gasteiger partial charge >= 0.3 is 0 Å². The molecule has 0 saturated carbocycles. The number of carbonyl (C=O) groups excluding carboxylic acids is 1. The van der Waals surface area contributed by atoms with Gasteiger partial charge in [-0.15, -0.1) is 0 Å². The summed E-state index contributed by atoms with van der Waals surface area (Å²) in [6, 6.07) is 15.4. The van der Waals surface area contributed by atoms with Crippen LogP contribution < -0.4 is 10.6 Å². The third kappa shape index (κ3) is 5.24. The van der Waals surface area contributed by atoms with Crippen molar-refractivity contribution in [1.82, 2.24) is 5.32 Å². The van der Waals surface area contributed by atoms with Crippen molar-refractivity contribution in [3.63, 3.8) is 0 Å². The van der Waals surface area contributed by atoms with Gasteiger partial charge in [0.25, 0.3) is 5.91 Å². The van der Waals surface area contributed by atoms with Crippen LogP contribution in [-0.2, 0) is 4.79 Å². The van der Waals surface area contributed by atoms with Crippen molar-refractivity contribution in [3.8, 4) is 0 Å². The lowest BCUT2D eigenvalue weighted by Crippen LogP contribution is -2.87. The molecule has 0 aliphatic heterocycles. The van der Waals surface area contributed by atoms with Crippen molar-refractivity contribution in [2.75, 3.05) is 6.54 Å². The van der Waals surface area contributed by atoms with Gasteiger partial charge in [0, 0.05) is 10.6 Å². The maximum absolute atomic E-state index is 12.1. The van der Waals surface area contributed by atoms with Gasteiger partial charge in [0.15, 0.2) is 6.54 Å². The summed E-state index contributed by atoms with van der Waals surface area (Å²) in [5, 5.41) is 6.20. The fourth-order valence-electron chi connectivity index (χ4n) is 2.41. The van der Waals surface area contributed by atoms with Gasteiger partial charge in [-0.1, -0.05) is 59.6 Å². The van der Waals surface area contributed by atoms with Crippen LogP contribution in [0.5, 0.6) is 0 Å². The van der Waals surface area contributed by atoms with Crippen LogP contribution in [0.25, 0.3) is 0 Å². The zero-order valence-corrected chi connectivity index (χ0v) is 14.7. The Labute approximate surface area is 147 Å². The molecule has 2 aromatic carbocycles. The number of quaternary nitrogens is 1. The van der Waals surface area contributed by atoms with Crippen molar-refractivity contribution < 1.29 is 10.1 Å². The van der Waals surface area contributed by atoms with Crippen molar-refractivity contribution in [2.24, 2.45) is 0 Å². The minimum Gasteiger partial charge on any atom is -0.345 e. The summed E-state index contributed by atoms with van der Waals surface area (Å²) < 4.78 is 0. The standard InChI is InChI=1S/C18H20Cl2N2O/c1-12(14-6-4-3-5-7-14)22-18(23)11-21-13(2)16-9-8-15(19)10-17(16)20/h3-10,12-13,21H,11H2,1-2H3,(H,22,23)/p+1/t12-,13-/m0/s1. The normalized spacial score (nSPS) is 13.4. The van der Waals surface area contributed by atoms with Crippen LogP contribution in [0.2, 0.25) is 10.0 Å². The molecule has 2 rings (SSSR count). The van der Waals surface area contributed by atoms with Gasteiger partial charge in [-0.05, 0) is 31.5 Å². The van der Waals surface area contributed by atoms with E-state index in [1.165, 1.54) is 0 Å². The smallest absolute Gasteiger partial charge is 0.275 e. The van der Waals surface area contributed by atoms with Crippen LogP contribution >= 0.6 is 23.2 Å². The summed E-state index contributed by atoms with van der Waals surface area (Å²) in [6.45, 7) is 4.34. The maximum Gasteiger partial charge on any atom is 0.275 e. The first-order valence-corrected chi connectivity index (χ1v) is 8.35. The number of nitrogens with one attached hydrogen (secondary N) is 1. The minimum absolute atomic E-state index is 0.00158. The lowest BCUT2D eigenvalue weighted by Gasteiger charge is -2.16. The van der Waals surface area contributed by atoms with Crippen LogP contribution in [0, 0.1) is 0 Å². The minimum atomic E-state index is -0.00785. The number of amides is 1. The Kier molecular flexibility index (Phi) is 6.46. The molecule has 0 fully saturated rings. The molecule has 0 aliphatic rings. The lowest BCUT2D eigenvalue weighted by atomic mass is 10.1. The van der Waals surface area contributed by atoms with Crippen LogP contribution in [0.1, 0.15) is 37.1 Å².